The van der Waals surface area contributed by atoms with Crippen LogP contribution in [0, 0.1) is 11.8 Å². The van der Waals surface area contributed by atoms with Crippen LogP contribution in [0.5, 0.6) is 0 Å². The maximum Gasteiger partial charge on any atom is 0.329 e. The van der Waals surface area contributed by atoms with Crippen molar-refractivity contribution in [2.24, 2.45) is 11.8 Å². The van der Waals surface area contributed by atoms with Gasteiger partial charge in [0.15, 0.2) is 0 Å². The number of rotatable bonds is 4. The molecule has 3 aliphatic rings. The molecule has 2 N–H and O–H groups in total. The molecule has 5 heteroatoms. The predicted octanol–water partition coefficient (Wildman–Crippen LogP) is 1.62. The van der Waals surface area contributed by atoms with Gasteiger partial charge in [0.2, 0.25) is 5.91 Å². The van der Waals surface area contributed by atoms with Crippen LogP contribution in [-0.2, 0) is 9.59 Å². The van der Waals surface area contributed by atoms with Crippen molar-refractivity contribution < 1.29 is 14.7 Å². The molecule has 2 aliphatic heterocycles. The van der Waals surface area contributed by atoms with Crippen molar-refractivity contribution in [1.29, 1.82) is 0 Å². The van der Waals surface area contributed by atoms with E-state index < -0.39 is 11.5 Å². The van der Waals surface area contributed by atoms with E-state index in [9.17, 15) is 14.7 Å². The molecule has 1 saturated carbocycles. The maximum absolute atomic E-state index is 13.0. The van der Waals surface area contributed by atoms with E-state index in [0.29, 0.717) is 31.2 Å². The van der Waals surface area contributed by atoms with Crippen LogP contribution < -0.4 is 5.32 Å². The van der Waals surface area contributed by atoms with Gasteiger partial charge >= 0.3 is 5.97 Å². The molecule has 21 heavy (non-hydrogen) atoms. The van der Waals surface area contributed by atoms with Crippen molar-refractivity contribution in [2.75, 3.05) is 13.1 Å². The normalized spacial score (nSPS) is 38.7. The maximum atomic E-state index is 13.0. The molecule has 2 saturated heterocycles. The third kappa shape index (κ3) is 2.26. The zero-order valence-corrected chi connectivity index (χ0v) is 12.8. The first-order valence-electron chi connectivity index (χ1n) is 8.38. The summed E-state index contributed by atoms with van der Waals surface area (Å²) in [6, 6.07) is -0.147. The lowest BCUT2D eigenvalue weighted by atomic mass is 9.88. The first-order chi connectivity index (χ1) is 10.1. The smallest absolute Gasteiger partial charge is 0.329 e. The molecule has 0 aromatic heterocycles. The zero-order valence-electron chi connectivity index (χ0n) is 12.8. The number of hydrogen-bond donors (Lipinski definition) is 2. The minimum absolute atomic E-state index is 0.0396. The average molecular weight is 294 g/mol. The highest BCUT2D eigenvalue weighted by Crippen LogP contribution is 2.41. The number of carbonyl (C=O) groups excluding carboxylic acids is 1. The van der Waals surface area contributed by atoms with Crippen LogP contribution >= 0.6 is 0 Å². The Bertz CT molecular complexity index is 439. The predicted molar refractivity (Wildman–Crippen MR) is 78.8 cm³/mol. The minimum Gasteiger partial charge on any atom is -0.479 e. The van der Waals surface area contributed by atoms with Gasteiger partial charge in [-0.1, -0.05) is 19.8 Å². The molecule has 4 unspecified atom stereocenters. The lowest BCUT2D eigenvalue weighted by molar-refractivity contribution is -0.158. The third-order valence-corrected chi connectivity index (χ3v) is 5.83. The second-order valence-corrected chi connectivity index (χ2v) is 6.92. The number of nitrogens with one attached hydrogen (secondary N) is 1. The quantitative estimate of drug-likeness (QED) is 0.826. The van der Waals surface area contributed by atoms with Crippen LogP contribution in [0.25, 0.3) is 0 Å². The SMILES string of the molecule is CCCC1(C(=O)O)CCCN1C(=O)C1NCC2CCCC21. The largest absolute Gasteiger partial charge is 0.479 e. The first-order valence-corrected chi connectivity index (χ1v) is 8.38. The average Bonchev–Trinajstić information content (AvgIpc) is 3.13. The van der Waals surface area contributed by atoms with Gasteiger partial charge in [-0.25, -0.2) is 4.79 Å². The topological polar surface area (TPSA) is 69.6 Å². The van der Waals surface area contributed by atoms with E-state index in [1.807, 2.05) is 6.92 Å². The molecule has 118 valence electrons. The number of carbonyl (C=O) groups is 2. The fraction of sp³-hybridized carbons (Fsp3) is 0.875. The lowest BCUT2D eigenvalue weighted by Gasteiger charge is -2.37. The van der Waals surface area contributed by atoms with Crippen LogP contribution in [0.3, 0.4) is 0 Å². The Kier molecular flexibility index (Phi) is 3.95. The minimum atomic E-state index is -0.954. The number of hydrogen-bond acceptors (Lipinski definition) is 3. The summed E-state index contributed by atoms with van der Waals surface area (Å²) < 4.78 is 0. The van der Waals surface area contributed by atoms with Gasteiger partial charge < -0.3 is 15.3 Å². The van der Waals surface area contributed by atoms with Crippen LogP contribution in [0.1, 0.15) is 51.9 Å². The highest BCUT2D eigenvalue weighted by atomic mass is 16.4. The van der Waals surface area contributed by atoms with Gasteiger partial charge in [0.05, 0.1) is 6.04 Å². The van der Waals surface area contributed by atoms with Gasteiger partial charge in [-0.05, 0) is 50.5 Å². The Morgan fingerprint density at radius 3 is 2.86 bits per heavy atom. The van der Waals surface area contributed by atoms with E-state index in [1.165, 1.54) is 12.8 Å². The Morgan fingerprint density at radius 1 is 1.33 bits per heavy atom. The molecule has 3 rings (SSSR count). The van der Waals surface area contributed by atoms with E-state index in [-0.39, 0.29) is 11.9 Å². The van der Waals surface area contributed by atoms with Gasteiger partial charge in [0.25, 0.3) is 0 Å². The molecule has 4 atom stereocenters. The van der Waals surface area contributed by atoms with Crippen molar-refractivity contribution in [3.63, 3.8) is 0 Å². The highest BCUT2D eigenvalue weighted by molar-refractivity contribution is 5.90. The van der Waals surface area contributed by atoms with E-state index in [0.717, 1.165) is 25.8 Å². The molecule has 0 radical (unpaired) electrons. The molecular formula is C16H26N2O3. The Balaban J connectivity index is 1.81. The number of nitrogens with zero attached hydrogens (tertiary/aromatic N) is 1. The van der Waals surface area contributed by atoms with E-state index in [4.69, 9.17) is 0 Å². The molecule has 1 amide bonds. The van der Waals surface area contributed by atoms with Crippen molar-refractivity contribution in [3.8, 4) is 0 Å². The molecular weight excluding hydrogens is 268 g/mol. The Morgan fingerprint density at radius 2 is 2.14 bits per heavy atom. The van der Waals surface area contributed by atoms with Gasteiger partial charge in [-0.3, -0.25) is 4.79 Å². The number of amides is 1. The first kappa shape index (κ1) is 14.8. The molecule has 0 spiro atoms. The molecule has 1 aliphatic carbocycles. The molecule has 5 nitrogen and oxygen atoms in total. The van der Waals surface area contributed by atoms with Gasteiger partial charge in [-0.15, -0.1) is 0 Å². The third-order valence-electron chi connectivity index (χ3n) is 5.83. The summed E-state index contributed by atoms with van der Waals surface area (Å²) in [4.78, 5) is 26.5. The van der Waals surface area contributed by atoms with Gasteiger partial charge in [0.1, 0.15) is 5.54 Å². The van der Waals surface area contributed by atoms with Crippen molar-refractivity contribution in [3.05, 3.63) is 0 Å². The number of carboxylic acids is 1. The second kappa shape index (κ2) is 5.59. The van der Waals surface area contributed by atoms with Crippen LogP contribution in [0.4, 0.5) is 0 Å². The molecule has 0 aromatic rings. The van der Waals surface area contributed by atoms with E-state index in [2.05, 4.69) is 5.32 Å². The molecule has 2 heterocycles. The Hall–Kier alpha value is -1.10. The summed E-state index contributed by atoms with van der Waals surface area (Å²) in [6.45, 7) is 3.51. The van der Waals surface area contributed by atoms with Crippen LogP contribution in [0.2, 0.25) is 0 Å². The number of aliphatic carboxylic acids is 1. The highest BCUT2D eigenvalue weighted by Gasteiger charge is 2.53. The number of carboxylic acid groups (broad SMARTS) is 1. The van der Waals surface area contributed by atoms with Crippen molar-refractivity contribution >= 4 is 11.9 Å². The van der Waals surface area contributed by atoms with Gasteiger partial charge in [-0.2, -0.15) is 0 Å². The summed E-state index contributed by atoms with van der Waals surface area (Å²) in [5.41, 5.74) is -0.954. The monoisotopic (exact) mass is 294 g/mol. The number of fused-ring (bicyclic) bond motifs is 1. The van der Waals surface area contributed by atoms with E-state index >= 15 is 0 Å². The van der Waals surface area contributed by atoms with Crippen LogP contribution in [0.15, 0.2) is 0 Å². The van der Waals surface area contributed by atoms with Crippen molar-refractivity contribution in [1.82, 2.24) is 10.2 Å². The molecule has 3 fully saturated rings. The lowest BCUT2D eigenvalue weighted by Crippen LogP contribution is -2.57. The summed E-state index contributed by atoms with van der Waals surface area (Å²) in [5.74, 6) is 0.257. The number of likely N-dealkylation sites (tertiary alicyclic amines) is 1. The Labute approximate surface area is 126 Å². The summed E-state index contributed by atoms with van der Waals surface area (Å²) in [6.07, 6.45) is 6.28. The molecule has 0 bridgehead atoms. The van der Waals surface area contributed by atoms with Crippen molar-refractivity contribution in [2.45, 2.75) is 63.5 Å². The van der Waals surface area contributed by atoms with E-state index in [1.54, 1.807) is 4.90 Å². The second-order valence-electron chi connectivity index (χ2n) is 6.92. The van der Waals surface area contributed by atoms with Gasteiger partial charge in [0, 0.05) is 6.54 Å². The summed E-state index contributed by atoms with van der Waals surface area (Å²) in [7, 11) is 0. The fourth-order valence-electron chi connectivity index (χ4n) is 4.83. The zero-order chi connectivity index (χ0) is 15.0. The summed E-state index contributed by atoms with van der Waals surface area (Å²) >= 11 is 0. The standard InChI is InChI=1S/C16H26N2O3/c1-2-7-16(15(20)21)8-4-9-18(16)14(19)13-12-6-3-5-11(12)10-17-13/h11-13,17H,2-10H2,1H3,(H,20,21). The van der Waals surface area contributed by atoms with Crippen LogP contribution in [-0.4, -0.2) is 46.6 Å². The fourth-order valence-corrected chi connectivity index (χ4v) is 4.83. The summed E-state index contributed by atoms with van der Waals surface area (Å²) in [5, 5.41) is 13.1. The molecule has 0 aromatic carbocycles.